The van der Waals surface area contributed by atoms with Gasteiger partial charge in [0.25, 0.3) is 0 Å². The number of ketones is 1. The van der Waals surface area contributed by atoms with Crippen LogP contribution in [0.2, 0.25) is 0 Å². The van der Waals surface area contributed by atoms with Crippen LogP contribution in [0.5, 0.6) is 5.75 Å². The van der Waals surface area contributed by atoms with Crippen molar-refractivity contribution in [1.82, 2.24) is 9.62 Å². The maximum absolute atomic E-state index is 12.5. The Kier molecular flexibility index (Phi) is 6.89. The number of ether oxygens (including phenoxy) is 1. The molecule has 1 amide bonds. The zero-order valence-electron chi connectivity index (χ0n) is 17.1. The highest BCUT2D eigenvalue weighted by Gasteiger charge is 2.27. The fourth-order valence-corrected chi connectivity index (χ4v) is 4.57. The van der Waals surface area contributed by atoms with Crippen LogP contribution in [0.4, 0.5) is 0 Å². The van der Waals surface area contributed by atoms with Crippen LogP contribution in [0, 0.1) is 0 Å². The first-order chi connectivity index (χ1) is 14.3. The monoisotopic (exact) mass is 430 g/mol. The second-order valence-corrected chi connectivity index (χ2v) is 9.09. The van der Waals surface area contributed by atoms with E-state index in [1.165, 1.54) is 36.8 Å². The molecule has 0 aromatic heterocycles. The van der Waals surface area contributed by atoms with E-state index >= 15 is 0 Å². The van der Waals surface area contributed by atoms with E-state index in [2.05, 4.69) is 4.72 Å². The van der Waals surface area contributed by atoms with Crippen molar-refractivity contribution >= 4 is 21.7 Å². The number of benzene rings is 2. The zero-order valence-corrected chi connectivity index (χ0v) is 17.9. The molecule has 2 aromatic carbocycles. The van der Waals surface area contributed by atoms with E-state index in [1.807, 2.05) is 24.3 Å². The maximum Gasteiger partial charge on any atom is 0.240 e. The van der Waals surface area contributed by atoms with Crippen molar-refractivity contribution in [3.8, 4) is 5.75 Å². The van der Waals surface area contributed by atoms with E-state index < -0.39 is 10.0 Å². The van der Waals surface area contributed by atoms with Gasteiger partial charge in [0, 0.05) is 37.5 Å². The Balaban J connectivity index is 1.50. The molecule has 0 aliphatic carbocycles. The maximum atomic E-state index is 12.5. The van der Waals surface area contributed by atoms with Gasteiger partial charge in [-0.25, -0.2) is 13.1 Å². The number of likely N-dealkylation sites (tertiary alicyclic amines) is 1. The topological polar surface area (TPSA) is 92.8 Å². The smallest absolute Gasteiger partial charge is 0.240 e. The van der Waals surface area contributed by atoms with E-state index in [-0.39, 0.29) is 35.5 Å². The van der Waals surface area contributed by atoms with Crippen LogP contribution in [-0.4, -0.2) is 51.8 Å². The second-order valence-electron chi connectivity index (χ2n) is 7.33. The van der Waals surface area contributed by atoms with Gasteiger partial charge < -0.3 is 9.64 Å². The average molecular weight is 431 g/mol. The predicted molar refractivity (Wildman–Crippen MR) is 113 cm³/mol. The van der Waals surface area contributed by atoms with E-state index in [9.17, 15) is 18.0 Å². The first kappa shape index (κ1) is 22.0. The number of nitrogens with one attached hydrogen (secondary N) is 1. The predicted octanol–water partition coefficient (Wildman–Crippen LogP) is 2.58. The number of amides is 1. The zero-order chi connectivity index (χ0) is 21.7. The van der Waals surface area contributed by atoms with Gasteiger partial charge in [0.05, 0.1) is 12.0 Å². The molecule has 1 aliphatic heterocycles. The summed E-state index contributed by atoms with van der Waals surface area (Å²) in [4.78, 5) is 25.7. The number of carbonyl (C=O) groups is 2. The van der Waals surface area contributed by atoms with Crippen LogP contribution in [-0.2, 0) is 14.8 Å². The molecule has 1 fully saturated rings. The van der Waals surface area contributed by atoms with Crippen molar-refractivity contribution in [3.63, 3.8) is 0 Å². The Morgan fingerprint density at radius 1 is 1.10 bits per heavy atom. The van der Waals surface area contributed by atoms with Gasteiger partial charge in [-0.2, -0.15) is 0 Å². The van der Waals surface area contributed by atoms with Crippen LogP contribution in [0.3, 0.4) is 0 Å². The molecule has 1 aliphatic rings. The van der Waals surface area contributed by atoms with Gasteiger partial charge in [-0.1, -0.05) is 24.3 Å². The highest BCUT2D eigenvalue weighted by Crippen LogP contribution is 2.28. The van der Waals surface area contributed by atoms with E-state index in [1.54, 1.807) is 12.0 Å². The van der Waals surface area contributed by atoms with Gasteiger partial charge >= 0.3 is 0 Å². The standard InChI is InChI=1S/C22H26N2O5S/c1-16(25)17-5-9-21(10-6-17)30(27,28)23-13-11-22(26)24-14-12-19(15-24)18-3-7-20(29-2)8-4-18/h3-10,19,23H,11-15H2,1-2H3. The van der Waals surface area contributed by atoms with Crippen LogP contribution in [0.15, 0.2) is 53.4 Å². The molecule has 30 heavy (non-hydrogen) atoms. The number of nitrogens with zero attached hydrogens (tertiary/aromatic N) is 1. The molecule has 160 valence electrons. The molecule has 1 unspecified atom stereocenters. The number of methoxy groups -OCH3 is 1. The number of hydrogen-bond donors (Lipinski definition) is 1. The SMILES string of the molecule is COc1ccc(C2CCN(C(=O)CCNS(=O)(=O)c3ccc(C(C)=O)cc3)C2)cc1. The van der Waals surface area contributed by atoms with Crippen molar-refractivity contribution in [3.05, 3.63) is 59.7 Å². The van der Waals surface area contributed by atoms with Crippen LogP contribution >= 0.6 is 0 Å². The Labute approximate surface area is 177 Å². The lowest BCUT2D eigenvalue weighted by atomic mass is 9.98. The van der Waals surface area contributed by atoms with Gasteiger partial charge in [0.2, 0.25) is 15.9 Å². The molecule has 0 saturated carbocycles. The third-order valence-corrected chi connectivity index (χ3v) is 6.81. The Morgan fingerprint density at radius 3 is 2.37 bits per heavy atom. The van der Waals surface area contributed by atoms with Crippen molar-refractivity contribution in [1.29, 1.82) is 0 Å². The molecule has 2 aromatic rings. The molecule has 0 spiro atoms. The van der Waals surface area contributed by atoms with Gasteiger partial charge in [-0.05, 0) is 43.2 Å². The first-order valence-electron chi connectivity index (χ1n) is 9.82. The summed E-state index contributed by atoms with van der Waals surface area (Å²) in [5.74, 6) is 0.876. The molecule has 0 bridgehead atoms. The van der Waals surface area contributed by atoms with Crippen LogP contribution < -0.4 is 9.46 Å². The Hall–Kier alpha value is -2.71. The molecule has 1 atom stereocenters. The van der Waals surface area contributed by atoms with E-state index in [4.69, 9.17) is 4.74 Å². The normalized spacial score (nSPS) is 16.5. The lowest BCUT2D eigenvalue weighted by molar-refractivity contribution is -0.130. The summed E-state index contributed by atoms with van der Waals surface area (Å²) in [7, 11) is -2.10. The molecular formula is C22H26N2O5S. The Morgan fingerprint density at radius 2 is 1.77 bits per heavy atom. The minimum absolute atomic E-state index is 0.0271. The van der Waals surface area contributed by atoms with Crippen molar-refractivity contribution in [2.24, 2.45) is 0 Å². The number of carbonyl (C=O) groups excluding carboxylic acids is 2. The summed E-state index contributed by atoms with van der Waals surface area (Å²) < 4.78 is 32.4. The highest BCUT2D eigenvalue weighted by molar-refractivity contribution is 7.89. The van der Waals surface area contributed by atoms with E-state index in [0.29, 0.717) is 18.7 Å². The molecule has 3 rings (SSSR count). The minimum Gasteiger partial charge on any atom is -0.497 e. The summed E-state index contributed by atoms with van der Waals surface area (Å²) in [5.41, 5.74) is 1.62. The quantitative estimate of drug-likeness (QED) is 0.650. The van der Waals surface area contributed by atoms with Crippen molar-refractivity contribution in [2.45, 2.75) is 30.6 Å². The molecule has 1 N–H and O–H groups in total. The van der Waals surface area contributed by atoms with Crippen molar-refractivity contribution in [2.75, 3.05) is 26.7 Å². The minimum atomic E-state index is -3.73. The first-order valence-corrected chi connectivity index (χ1v) is 11.3. The molecular weight excluding hydrogens is 404 g/mol. The third-order valence-electron chi connectivity index (χ3n) is 5.33. The highest BCUT2D eigenvalue weighted by atomic mass is 32.2. The lowest BCUT2D eigenvalue weighted by Crippen LogP contribution is -2.33. The van der Waals surface area contributed by atoms with Crippen molar-refractivity contribution < 1.29 is 22.7 Å². The van der Waals surface area contributed by atoms with Crippen LogP contribution in [0.1, 0.15) is 41.6 Å². The Bertz CT molecular complexity index is 1000. The largest absolute Gasteiger partial charge is 0.497 e. The van der Waals surface area contributed by atoms with Crippen LogP contribution in [0.25, 0.3) is 0 Å². The fraction of sp³-hybridized carbons (Fsp3) is 0.364. The summed E-state index contributed by atoms with van der Waals surface area (Å²) in [6.45, 7) is 2.74. The lowest BCUT2D eigenvalue weighted by Gasteiger charge is -2.17. The molecule has 1 heterocycles. The summed E-state index contributed by atoms with van der Waals surface area (Å²) in [6, 6.07) is 13.6. The summed E-state index contributed by atoms with van der Waals surface area (Å²) >= 11 is 0. The van der Waals surface area contributed by atoms with Gasteiger partial charge in [-0.3, -0.25) is 9.59 Å². The molecule has 8 heteroatoms. The molecule has 1 saturated heterocycles. The number of hydrogen-bond acceptors (Lipinski definition) is 5. The summed E-state index contributed by atoms with van der Waals surface area (Å²) in [6.07, 6.45) is 0.979. The van der Waals surface area contributed by atoms with Gasteiger partial charge in [0.15, 0.2) is 5.78 Å². The number of Topliss-reactive ketones (excluding diaryl/α,β-unsaturated/α-hetero) is 1. The third kappa shape index (κ3) is 5.25. The van der Waals surface area contributed by atoms with Gasteiger partial charge in [-0.15, -0.1) is 0 Å². The fourth-order valence-electron chi connectivity index (χ4n) is 3.54. The number of sulfonamides is 1. The average Bonchev–Trinajstić information content (AvgIpc) is 3.24. The summed E-state index contributed by atoms with van der Waals surface area (Å²) in [5, 5.41) is 0. The number of rotatable bonds is 8. The van der Waals surface area contributed by atoms with Gasteiger partial charge in [0.1, 0.15) is 5.75 Å². The molecule has 7 nitrogen and oxygen atoms in total. The van der Waals surface area contributed by atoms with E-state index in [0.717, 1.165) is 12.2 Å². The second kappa shape index (κ2) is 9.40. The molecule has 0 radical (unpaired) electrons.